The number of esters is 1. The molecule has 3 atom stereocenters. The van der Waals surface area contributed by atoms with Gasteiger partial charge >= 0.3 is 5.97 Å². The Morgan fingerprint density at radius 1 is 1.08 bits per heavy atom. The highest BCUT2D eigenvalue weighted by molar-refractivity contribution is 6.31. The van der Waals surface area contributed by atoms with Crippen molar-refractivity contribution in [3.63, 3.8) is 0 Å². The van der Waals surface area contributed by atoms with Gasteiger partial charge in [-0.2, -0.15) is 5.10 Å². The Morgan fingerprint density at radius 3 is 2.45 bits per heavy atom. The van der Waals surface area contributed by atoms with Gasteiger partial charge in [0.05, 0.1) is 18.7 Å². The number of halogens is 2. The van der Waals surface area contributed by atoms with E-state index in [4.69, 9.17) is 32.7 Å². The Hall–Kier alpha value is -2.87. The number of aromatic nitrogens is 2. The number of aromatic amines is 1. The Kier molecular flexibility index (Phi) is 7.54. The van der Waals surface area contributed by atoms with Crippen LogP contribution in [0.1, 0.15) is 63.3 Å². The summed E-state index contributed by atoms with van der Waals surface area (Å²) in [6.07, 6.45) is 3.93. The van der Waals surface area contributed by atoms with Crippen LogP contribution in [0, 0.1) is 5.92 Å². The predicted molar refractivity (Wildman–Crippen MR) is 146 cm³/mol. The van der Waals surface area contributed by atoms with Gasteiger partial charge in [0.25, 0.3) is 5.91 Å². The Labute approximate surface area is 232 Å². The van der Waals surface area contributed by atoms with E-state index in [0.29, 0.717) is 22.5 Å². The molecular formula is C29H31Cl2N3O4. The minimum Gasteiger partial charge on any atom is -0.460 e. The second-order valence-corrected chi connectivity index (χ2v) is 11.9. The summed E-state index contributed by atoms with van der Waals surface area (Å²) in [4.78, 5) is 28.5. The molecule has 0 bridgehead atoms. The quantitative estimate of drug-likeness (QED) is 0.335. The van der Waals surface area contributed by atoms with Crippen LogP contribution in [0.5, 0.6) is 0 Å². The molecule has 0 unspecified atom stereocenters. The standard InChI is InChI=1S/C29H31Cl2N3O4/c1-29(2,3)38-25(35)13-24-28(36)34(16-17-4-5-17)26(18-6-8-22(30)9-7-18)27(37-24)20-10-19(11-23(31)12-20)21-14-32-33-15-21/h6-12,14-15,17,24,26-27H,4-5,13,16H2,1-3H3,(H,32,33)/t24-,26-,27-/m1/s1. The lowest BCUT2D eigenvalue weighted by Gasteiger charge is -2.45. The van der Waals surface area contributed by atoms with Crippen molar-refractivity contribution in [2.24, 2.45) is 5.92 Å². The van der Waals surface area contributed by atoms with Crippen molar-refractivity contribution in [1.29, 1.82) is 0 Å². The number of H-pyrrole nitrogens is 1. The zero-order valence-electron chi connectivity index (χ0n) is 21.6. The van der Waals surface area contributed by atoms with E-state index in [1.807, 2.05) is 47.4 Å². The normalized spacial score (nSPS) is 22.0. The van der Waals surface area contributed by atoms with Crippen LogP contribution in [-0.2, 0) is 19.1 Å². The molecule has 200 valence electrons. The van der Waals surface area contributed by atoms with Gasteiger partial charge in [0.2, 0.25) is 0 Å². The maximum absolute atomic E-state index is 13.9. The van der Waals surface area contributed by atoms with E-state index in [-0.39, 0.29) is 12.3 Å². The molecule has 2 aliphatic rings. The lowest BCUT2D eigenvalue weighted by molar-refractivity contribution is -0.183. The molecule has 5 rings (SSSR count). The molecule has 2 heterocycles. The third kappa shape index (κ3) is 6.22. The third-order valence-corrected chi connectivity index (χ3v) is 7.18. The summed E-state index contributed by atoms with van der Waals surface area (Å²) in [6, 6.07) is 12.8. The molecule has 1 aliphatic heterocycles. The van der Waals surface area contributed by atoms with Gasteiger partial charge in [-0.3, -0.25) is 14.7 Å². The first kappa shape index (κ1) is 26.7. The number of hydrogen-bond donors (Lipinski definition) is 1. The minimum atomic E-state index is -0.978. The predicted octanol–water partition coefficient (Wildman–Crippen LogP) is 6.54. The lowest BCUT2D eigenvalue weighted by Crippen LogP contribution is -2.52. The maximum atomic E-state index is 13.9. The number of carbonyl (C=O) groups is 2. The van der Waals surface area contributed by atoms with Crippen molar-refractivity contribution in [2.45, 2.75) is 63.9 Å². The fraction of sp³-hybridized carbons (Fsp3) is 0.414. The number of rotatable bonds is 7. The van der Waals surface area contributed by atoms with E-state index in [9.17, 15) is 9.59 Å². The summed E-state index contributed by atoms with van der Waals surface area (Å²) >= 11 is 12.8. The van der Waals surface area contributed by atoms with Gasteiger partial charge in [0.15, 0.2) is 0 Å². The number of nitrogens with one attached hydrogen (secondary N) is 1. The van der Waals surface area contributed by atoms with Crippen molar-refractivity contribution in [1.82, 2.24) is 15.1 Å². The van der Waals surface area contributed by atoms with Gasteiger partial charge in [-0.25, -0.2) is 0 Å². The summed E-state index contributed by atoms with van der Waals surface area (Å²) in [6.45, 7) is 6.00. The fourth-order valence-electron chi connectivity index (χ4n) is 4.87. The Bertz CT molecular complexity index is 1300. The van der Waals surface area contributed by atoms with Crippen LogP contribution >= 0.6 is 23.2 Å². The van der Waals surface area contributed by atoms with Crippen LogP contribution in [-0.4, -0.2) is 45.2 Å². The molecule has 1 saturated heterocycles. The smallest absolute Gasteiger partial charge is 0.309 e. The first-order chi connectivity index (χ1) is 18.1. The summed E-state index contributed by atoms with van der Waals surface area (Å²) in [7, 11) is 0. The Balaban J connectivity index is 1.57. The lowest BCUT2D eigenvalue weighted by atomic mass is 9.89. The summed E-state index contributed by atoms with van der Waals surface area (Å²) < 4.78 is 12.1. The van der Waals surface area contributed by atoms with Crippen LogP contribution in [0.25, 0.3) is 11.1 Å². The SMILES string of the molecule is CC(C)(C)OC(=O)C[C@H]1O[C@H](c2cc(Cl)cc(-c3cn[nH]c3)c2)[C@@H](c2ccc(Cl)cc2)N(CC2CC2)C1=O. The van der Waals surface area contributed by atoms with Crippen molar-refractivity contribution in [2.75, 3.05) is 6.54 Å². The number of nitrogens with zero attached hydrogens (tertiary/aromatic N) is 2. The van der Waals surface area contributed by atoms with E-state index in [1.54, 1.807) is 33.2 Å². The molecule has 1 N–H and O–H groups in total. The van der Waals surface area contributed by atoms with Crippen LogP contribution < -0.4 is 0 Å². The first-order valence-corrected chi connectivity index (χ1v) is 13.6. The Morgan fingerprint density at radius 2 is 1.82 bits per heavy atom. The van der Waals surface area contributed by atoms with Gasteiger partial charge in [-0.05, 0) is 86.6 Å². The molecule has 2 aromatic carbocycles. The summed E-state index contributed by atoms with van der Waals surface area (Å²) in [5, 5.41) is 8.03. The van der Waals surface area contributed by atoms with Gasteiger partial charge < -0.3 is 14.4 Å². The number of morpholine rings is 1. The zero-order valence-corrected chi connectivity index (χ0v) is 23.1. The van der Waals surface area contributed by atoms with Crippen LogP contribution in [0.2, 0.25) is 10.0 Å². The molecule has 1 amide bonds. The summed E-state index contributed by atoms with van der Waals surface area (Å²) in [5.74, 6) is -0.261. The zero-order chi connectivity index (χ0) is 27.0. The third-order valence-electron chi connectivity index (χ3n) is 6.71. The molecular weight excluding hydrogens is 525 g/mol. The topological polar surface area (TPSA) is 84.5 Å². The van der Waals surface area contributed by atoms with Crippen LogP contribution in [0.3, 0.4) is 0 Å². The minimum absolute atomic E-state index is 0.170. The summed E-state index contributed by atoms with van der Waals surface area (Å²) in [5.41, 5.74) is 2.78. The molecule has 7 nitrogen and oxygen atoms in total. The largest absolute Gasteiger partial charge is 0.460 e. The van der Waals surface area contributed by atoms with Crippen molar-refractivity contribution in [3.8, 4) is 11.1 Å². The number of benzene rings is 2. The highest BCUT2D eigenvalue weighted by atomic mass is 35.5. The second kappa shape index (κ2) is 10.7. The van der Waals surface area contributed by atoms with E-state index in [0.717, 1.165) is 35.1 Å². The van der Waals surface area contributed by atoms with Crippen LogP contribution in [0.4, 0.5) is 0 Å². The van der Waals surface area contributed by atoms with E-state index in [2.05, 4.69) is 10.2 Å². The number of amides is 1. The van der Waals surface area contributed by atoms with Crippen molar-refractivity contribution in [3.05, 3.63) is 76.0 Å². The van der Waals surface area contributed by atoms with E-state index < -0.39 is 29.8 Å². The molecule has 1 saturated carbocycles. The molecule has 0 radical (unpaired) electrons. The molecule has 3 aromatic rings. The average Bonchev–Trinajstić information content (AvgIpc) is 3.49. The van der Waals surface area contributed by atoms with Gasteiger partial charge in [0.1, 0.15) is 17.8 Å². The van der Waals surface area contributed by atoms with Gasteiger partial charge in [-0.1, -0.05) is 35.3 Å². The highest BCUT2D eigenvalue weighted by Crippen LogP contribution is 2.46. The highest BCUT2D eigenvalue weighted by Gasteiger charge is 2.46. The monoisotopic (exact) mass is 555 g/mol. The van der Waals surface area contributed by atoms with E-state index in [1.165, 1.54) is 0 Å². The second-order valence-electron chi connectivity index (χ2n) is 11.0. The molecule has 2 fully saturated rings. The molecule has 1 aliphatic carbocycles. The maximum Gasteiger partial charge on any atom is 0.309 e. The molecule has 38 heavy (non-hydrogen) atoms. The molecule has 9 heteroatoms. The van der Waals surface area contributed by atoms with Gasteiger partial charge in [0, 0.05) is 28.4 Å². The van der Waals surface area contributed by atoms with Crippen LogP contribution in [0.15, 0.2) is 54.9 Å². The molecule has 0 spiro atoms. The number of hydrogen-bond acceptors (Lipinski definition) is 5. The van der Waals surface area contributed by atoms with Crippen molar-refractivity contribution < 1.29 is 19.1 Å². The number of ether oxygens (including phenoxy) is 2. The van der Waals surface area contributed by atoms with E-state index >= 15 is 0 Å². The number of carbonyl (C=O) groups excluding carboxylic acids is 2. The molecule has 1 aromatic heterocycles. The first-order valence-electron chi connectivity index (χ1n) is 12.8. The van der Waals surface area contributed by atoms with Gasteiger partial charge in [-0.15, -0.1) is 0 Å². The average molecular weight is 556 g/mol. The van der Waals surface area contributed by atoms with Crippen molar-refractivity contribution >= 4 is 35.1 Å². The fourth-order valence-corrected chi connectivity index (χ4v) is 5.24.